The number of hydrogen-bond donors (Lipinski definition) is 1. The van der Waals surface area contributed by atoms with Crippen molar-refractivity contribution >= 4 is 33.4 Å². The van der Waals surface area contributed by atoms with Crippen LogP contribution in [0.1, 0.15) is 16.7 Å². The molecule has 0 saturated carbocycles. The zero-order valence-corrected chi connectivity index (χ0v) is 22.9. The van der Waals surface area contributed by atoms with Crippen LogP contribution in [-0.2, 0) is 39.1 Å². The van der Waals surface area contributed by atoms with E-state index >= 15 is 0 Å². The third-order valence-electron chi connectivity index (χ3n) is 5.94. The molecule has 7 nitrogen and oxygen atoms in total. The van der Waals surface area contributed by atoms with E-state index in [1.54, 1.807) is 42.5 Å². The summed E-state index contributed by atoms with van der Waals surface area (Å²) in [6, 6.07) is 24.5. The van der Waals surface area contributed by atoms with Crippen LogP contribution < -0.4 is 5.32 Å². The van der Waals surface area contributed by atoms with Crippen LogP contribution in [0.2, 0.25) is 5.02 Å². The number of nitrogens with zero attached hydrogens (tertiary/aromatic N) is 2. The first kappa shape index (κ1) is 29.1. The lowest BCUT2D eigenvalue weighted by Gasteiger charge is -2.33. The van der Waals surface area contributed by atoms with E-state index in [1.165, 1.54) is 4.90 Å². The molecule has 1 unspecified atom stereocenters. The van der Waals surface area contributed by atoms with Gasteiger partial charge in [-0.25, -0.2) is 8.42 Å². The van der Waals surface area contributed by atoms with Gasteiger partial charge in [-0.15, -0.1) is 6.58 Å². The molecule has 1 N–H and O–H groups in total. The molecule has 2 amide bonds. The van der Waals surface area contributed by atoms with Crippen molar-refractivity contribution in [2.75, 3.05) is 19.3 Å². The van der Waals surface area contributed by atoms with Crippen molar-refractivity contribution in [2.45, 2.75) is 25.6 Å². The lowest BCUT2D eigenvalue weighted by Crippen LogP contribution is -2.53. The maximum Gasteiger partial charge on any atom is 0.243 e. The number of sulfonamides is 1. The number of rotatable bonds is 13. The Morgan fingerprint density at radius 2 is 1.45 bits per heavy atom. The highest BCUT2D eigenvalue weighted by Crippen LogP contribution is 2.18. The molecule has 0 fully saturated rings. The Bertz CT molecular complexity index is 1320. The van der Waals surface area contributed by atoms with E-state index in [2.05, 4.69) is 11.9 Å². The molecule has 0 aliphatic heterocycles. The minimum atomic E-state index is -3.73. The Kier molecular flexibility index (Phi) is 10.6. The Hall–Kier alpha value is -3.46. The highest BCUT2D eigenvalue weighted by molar-refractivity contribution is 7.88. The first-order valence-corrected chi connectivity index (χ1v) is 14.4. The minimum absolute atomic E-state index is 0.0339. The lowest BCUT2D eigenvalue weighted by atomic mass is 10.0. The third kappa shape index (κ3) is 8.83. The van der Waals surface area contributed by atoms with Gasteiger partial charge in [0.05, 0.1) is 12.8 Å². The monoisotopic (exact) mass is 553 g/mol. The van der Waals surface area contributed by atoms with Crippen LogP contribution in [0.15, 0.2) is 97.6 Å². The van der Waals surface area contributed by atoms with Crippen molar-refractivity contribution in [1.82, 2.24) is 14.5 Å². The summed E-state index contributed by atoms with van der Waals surface area (Å²) in [4.78, 5) is 28.7. The van der Waals surface area contributed by atoms with Gasteiger partial charge in [0.1, 0.15) is 6.04 Å². The molecule has 0 saturated heterocycles. The molecule has 38 heavy (non-hydrogen) atoms. The SMILES string of the molecule is C=CCNC(=O)C(Cc1ccccc1)N(Cc1ccc(Cl)cc1)C(=O)CN(Cc1ccccc1)S(C)(=O)=O. The zero-order chi connectivity index (χ0) is 27.5. The molecule has 0 bridgehead atoms. The highest BCUT2D eigenvalue weighted by Gasteiger charge is 2.32. The average molecular weight is 554 g/mol. The smallest absolute Gasteiger partial charge is 0.243 e. The van der Waals surface area contributed by atoms with E-state index in [-0.39, 0.29) is 32.0 Å². The van der Waals surface area contributed by atoms with Crippen molar-refractivity contribution in [3.05, 3.63) is 119 Å². The normalized spacial score (nSPS) is 12.1. The van der Waals surface area contributed by atoms with Crippen molar-refractivity contribution < 1.29 is 18.0 Å². The van der Waals surface area contributed by atoms with Crippen LogP contribution in [0.5, 0.6) is 0 Å². The lowest BCUT2D eigenvalue weighted by molar-refractivity contribution is -0.141. The molecular formula is C29H32ClN3O4S. The molecule has 0 radical (unpaired) electrons. The van der Waals surface area contributed by atoms with Gasteiger partial charge >= 0.3 is 0 Å². The fourth-order valence-corrected chi connectivity index (χ4v) is 4.80. The van der Waals surface area contributed by atoms with Crippen LogP contribution in [0.4, 0.5) is 0 Å². The van der Waals surface area contributed by atoms with Crippen molar-refractivity contribution in [2.24, 2.45) is 0 Å². The second-order valence-corrected chi connectivity index (χ2v) is 11.3. The maximum absolute atomic E-state index is 13.9. The van der Waals surface area contributed by atoms with Gasteiger partial charge in [-0.2, -0.15) is 4.31 Å². The fraction of sp³-hybridized carbons (Fsp3) is 0.241. The second kappa shape index (κ2) is 13.9. The summed E-state index contributed by atoms with van der Waals surface area (Å²) < 4.78 is 26.5. The summed E-state index contributed by atoms with van der Waals surface area (Å²) in [7, 11) is -3.73. The number of benzene rings is 3. The van der Waals surface area contributed by atoms with Gasteiger partial charge in [-0.1, -0.05) is 90.5 Å². The van der Waals surface area contributed by atoms with Gasteiger partial charge in [-0.3, -0.25) is 9.59 Å². The summed E-state index contributed by atoms with van der Waals surface area (Å²) in [5.74, 6) is -0.846. The van der Waals surface area contributed by atoms with Crippen LogP contribution in [0, 0.1) is 0 Å². The van der Waals surface area contributed by atoms with Crippen LogP contribution in [0.25, 0.3) is 0 Å². The Balaban J connectivity index is 1.98. The molecule has 3 aromatic rings. The predicted octanol–water partition coefficient (Wildman–Crippen LogP) is 4.04. The van der Waals surface area contributed by atoms with E-state index in [9.17, 15) is 18.0 Å². The van der Waals surface area contributed by atoms with E-state index in [0.29, 0.717) is 5.02 Å². The highest BCUT2D eigenvalue weighted by atomic mass is 35.5. The van der Waals surface area contributed by atoms with Crippen molar-refractivity contribution in [3.63, 3.8) is 0 Å². The molecule has 3 aromatic carbocycles. The summed E-state index contributed by atoms with van der Waals surface area (Å²) in [5, 5.41) is 3.35. The van der Waals surface area contributed by atoms with Gasteiger partial charge in [0, 0.05) is 31.1 Å². The van der Waals surface area contributed by atoms with Gasteiger partial charge in [0.2, 0.25) is 21.8 Å². The Morgan fingerprint density at radius 3 is 2.00 bits per heavy atom. The van der Waals surface area contributed by atoms with Crippen LogP contribution in [0.3, 0.4) is 0 Å². The van der Waals surface area contributed by atoms with Gasteiger partial charge < -0.3 is 10.2 Å². The standard InChI is InChI=1S/C29H32ClN3O4S/c1-3-18-31-29(35)27(19-23-10-6-4-7-11-23)33(21-25-14-16-26(30)17-15-25)28(34)22-32(38(2,36)37)20-24-12-8-5-9-13-24/h3-17,27H,1,18-22H2,2H3,(H,31,35). The van der Waals surface area contributed by atoms with Crippen LogP contribution in [-0.4, -0.2) is 54.8 Å². The molecule has 9 heteroatoms. The van der Waals surface area contributed by atoms with Crippen molar-refractivity contribution in [3.8, 4) is 0 Å². The predicted molar refractivity (Wildman–Crippen MR) is 151 cm³/mol. The number of nitrogens with one attached hydrogen (secondary N) is 1. The number of amides is 2. The molecule has 0 aromatic heterocycles. The molecule has 0 aliphatic carbocycles. The maximum atomic E-state index is 13.9. The van der Waals surface area contributed by atoms with Crippen LogP contribution >= 0.6 is 11.6 Å². The van der Waals surface area contributed by atoms with Crippen molar-refractivity contribution in [1.29, 1.82) is 0 Å². The van der Waals surface area contributed by atoms with E-state index < -0.39 is 28.5 Å². The number of halogens is 1. The first-order chi connectivity index (χ1) is 18.2. The summed E-state index contributed by atoms with van der Waals surface area (Å²) in [6.45, 7) is 3.60. The first-order valence-electron chi connectivity index (χ1n) is 12.1. The number of hydrogen-bond acceptors (Lipinski definition) is 4. The average Bonchev–Trinajstić information content (AvgIpc) is 2.90. The van der Waals surface area contributed by atoms with Gasteiger partial charge in [0.15, 0.2) is 0 Å². The quantitative estimate of drug-likeness (QED) is 0.324. The van der Waals surface area contributed by atoms with Gasteiger partial charge in [-0.05, 0) is 28.8 Å². The van der Waals surface area contributed by atoms with E-state index in [4.69, 9.17) is 11.6 Å². The molecular weight excluding hydrogens is 522 g/mol. The summed E-state index contributed by atoms with van der Waals surface area (Å²) in [6.07, 6.45) is 2.89. The number of carbonyl (C=O) groups excluding carboxylic acids is 2. The largest absolute Gasteiger partial charge is 0.351 e. The fourth-order valence-electron chi connectivity index (χ4n) is 3.95. The topological polar surface area (TPSA) is 86.8 Å². The van der Waals surface area contributed by atoms with E-state index in [0.717, 1.165) is 27.3 Å². The third-order valence-corrected chi connectivity index (χ3v) is 7.39. The molecule has 0 spiro atoms. The Morgan fingerprint density at radius 1 is 0.895 bits per heavy atom. The Labute approximate surface area is 229 Å². The minimum Gasteiger partial charge on any atom is -0.351 e. The van der Waals surface area contributed by atoms with E-state index in [1.807, 2.05) is 48.5 Å². The second-order valence-electron chi connectivity index (χ2n) is 8.90. The molecule has 1 atom stereocenters. The number of carbonyl (C=O) groups is 2. The van der Waals surface area contributed by atoms with Gasteiger partial charge in [0.25, 0.3) is 0 Å². The molecule has 200 valence electrons. The summed E-state index contributed by atoms with van der Waals surface area (Å²) >= 11 is 6.06. The molecule has 0 heterocycles. The molecule has 0 aliphatic rings. The summed E-state index contributed by atoms with van der Waals surface area (Å²) in [5.41, 5.74) is 2.37. The zero-order valence-electron chi connectivity index (χ0n) is 21.3. The molecule has 3 rings (SSSR count).